The lowest BCUT2D eigenvalue weighted by atomic mass is 9.97. The maximum atomic E-state index is 13.4. The first-order valence-corrected chi connectivity index (χ1v) is 14.1. The van der Waals surface area contributed by atoms with Crippen molar-refractivity contribution in [3.05, 3.63) is 144 Å². The molecule has 1 fully saturated rings. The van der Waals surface area contributed by atoms with Crippen LogP contribution in [0.1, 0.15) is 41.4 Å². The van der Waals surface area contributed by atoms with E-state index in [-0.39, 0.29) is 22.3 Å². The molecule has 1 aliphatic heterocycles. The minimum absolute atomic E-state index is 0.200. The van der Waals surface area contributed by atoms with Gasteiger partial charge in [-0.05, 0) is 48.5 Å². The molecule has 0 spiro atoms. The molecule has 10 heteroatoms. The number of esters is 4. The summed E-state index contributed by atoms with van der Waals surface area (Å²) in [7, 11) is 1.31. The van der Waals surface area contributed by atoms with Gasteiger partial charge in [0.25, 0.3) is 0 Å². The summed E-state index contributed by atoms with van der Waals surface area (Å²) in [4.78, 5) is 52.8. The lowest BCUT2D eigenvalue weighted by Gasteiger charge is -2.44. The molecule has 1 aliphatic rings. The quantitative estimate of drug-likeness (QED) is 0.181. The van der Waals surface area contributed by atoms with Crippen molar-refractivity contribution in [1.29, 1.82) is 0 Å². The molecule has 5 atom stereocenters. The molecule has 230 valence electrons. The van der Waals surface area contributed by atoms with Gasteiger partial charge < -0.3 is 28.4 Å². The van der Waals surface area contributed by atoms with E-state index in [1.807, 2.05) is 0 Å². The fourth-order valence-electron chi connectivity index (χ4n) is 4.72. The Morgan fingerprint density at radius 1 is 0.511 bits per heavy atom. The van der Waals surface area contributed by atoms with Crippen LogP contribution in [0.25, 0.3) is 0 Å². The van der Waals surface area contributed by atoms with Crippen molar-refractivity contribution in [2.45, 2.75) is 30.7 Å². The second kappa shape index (κ2) is 14.9. The summed E-state index contributed by atoms with van der Waals surface area (Å²) >= 11 is 0. The molecular weight excluding hydrogens is 580 g/mol. The van der Waals surface area contributed by atoms with Gasteiger partial charge in [0.1, 0.15) is 12.7 Å². The predicted octanol–water partition coefficient (Wildman–Crippen LogP) is 4.89. The molecule has 0 aliphatic carbocycles. The van der Waals surface area contributed by atoms with Crippen LogP contribution in [0.15, 0.2) is 121 Å². The van der Waals surface area contributed by atoms with E-state index in [9.17, 15) is 19.2 Å². The van der Waals surface area contributed by atoms with E-state index in [0.29, 0.717) is 0 Å². The average Bonchev–Trinajstić information content (AvgIpc) is 3.10. The summed E-state index contributed by atoms with van der Waals surface area (Å²) in [6.07, 6.45) is -6.76. The number of rotatable bonds is 10. The zero-order valence-electron chi connectivity index (χ0n) is 24.2. The van der Waals surface area contributed by atoms with Crippen molar-refractivity contribution in [3.8, 4) is 0 Å². The molecule has 1 heterocycles. The Bertz CT molecular complexity index is 1580. The molecule has 0 amide bonds. The van der Waals surface area contributed by atoms with Gasteiger partial charge in [-0.1, -0.05) is 72.8 Å². The Morgan fingerprint density at radius 2 is 0.867 bits per heavy atom. The Kier molecular flexibility index (Phi) is 10.3. The minimum Gasteiger partial charge on any atom is -0.459 e. The molecule has 10 nitrogen and oxygen atoms in total. The topological polar surface area (TPSA) is 124 Å². The number of methoxy groups -OCH3 is 1. The third-order valence-corrected chi connectivity index (χ3v) is 6.97. The smallest absolute Gasteiger partial charge is 0.338 e. The van der Waals surface area contributed by atoms with E-state index < -0.39 is 61.2 Å². The molecule has 3 unspecified atom stereocenters. The normalized spacial score (nSPS) is 20.8. The molecule has 5 rings (SSSR count). The zero-order valence-corrected chi connectivity index (χ0v) is 24.2. The van der Waals surface area contributed by atoms with Gasteiger partial charge in [0.2, 0.25) is 0 Å². The number of ether oxygens (including phenoxy) is 6. The van der Waals surface area contributed by atoms with E-state index in [4.69, 9.17) is 28.4 Å². The summed E-state index contributed by atoms with van der Waals surface area (Å²) in [6.45, 7) is -0.418. The number of benzene rings is 4. The fourth-order valence-corrected chi connectivity index (χ4v) is 4.72. The second-order valence-electron chi connectivity index (χ2n) is 9.95. The molecule has 0 aromatic heterocycles. The standard InChI is InChI=1S/C35H30O10/c1-40-35-30(45-34(39)26-20-12-5-13-21-26)29(44-33(38)25-18-10-4-11-19-25)28(43-32(37)24-16-8-3-9-17-24)27(42-35)22-41-31(36)23-14-6-2-7-15-23/h2-21,27-30,35H,22H2,1H3/t27?,28-,29?,30?,35+/m0/s1. The van der Waals surface area contributed by atoms with Crippen molar-refractivity contribution in [1.82, 2.24) is 0 Å². The van der Waals surface area contributed by atoms with Crippen molar-refractivity contribution in [2.24, 2.45) is 0 Å². The Balaban J connectivity index is 1.50. The van der Waals surface area contributed by atoms with Crippen LogP contribution in [0.4, 0.5) is 0 Å². The van der Waals surface area contributed by atoms with Gasteiger partial charge in [-0.15, -0.1) is 0 Å². The van der Waals surface area contributed by atoms with Gasteiger partial charge in [-0.25, -0.2) is 19.2 Å². The zero-order chi connectivity index (χ0) is 31.6. The highest BCUT2D eigenvalue weighted by Crippen LogP contribution is 2.31. The number of carbonyl (C=O) groups is 4. The molecule has 0 bridgehead atoms. The Labute approximate surface area is 259 Å². The van der Waals surface area contributed by atoms with Gasteiger partial charge in [-0.2, -0.15) is 0 Å². The summed E-state index contributed by atoms with van der Waals surface area (Å²) < 4.78 is 34.9. The second-order valence-corrected chi connectivity index (χ2v) is 9.95. The fraction of sp³-hybridized carbons (Fsp3) is 0.200. The molecule has 0 saturated carbocycles. The maximum absolute atomic E-state index is 13.4. The number of carbonyl (C=O) groups excluding carboxylic acids is 4. The molecule has 4 aromatic carbocycles. The van der Waals surface area contributed by atoms with E-state index in [0.717, 1.165) is 0 Å². The van der Waals surface area contributed by atoms with Crippen LogP contribution in [-0.4, -0.2) is 68.3 Å². The number of hydrogen-bond donors (Lipinski definition) is 0. The SMILES string of the molecule is CO[C@@H]1OC(COC(=O)c2ccccc2)[C@H](OC(=O)c2ccccc2)C(OC(=O)c2ccccc2)C1OC(=O)c1ccccc1. The highest BCUT2D eigenvalue weighted by Gasteiger charge is 2.53. The first-order chi connectivity index (χ1) is 21.9. The Hall–Kier alpha value is -5.32. The van der Waals surface area contributed by atoms with Gasteiger partial charge in [-0.3, -0.25) is 0 Å². The van der Waals surface area contributed by atoms with E-state index in [1.54, 1.807) is 121 Å². The Morgan fingerprint density at radius 3 is 1.27 bits per heavy atom. The third kappa shape index (κ3) is 7.80. The largest absolute Gasteiger partial charge is 0.459 e. The predicted molar refractivity (Wildman–Crippen MR) is 159 cm³/mol. The van der Waals surface area contributed by atoms with Crippen molar-refractivity contribution < 1.29 is 47.6 Å². The van der Waals surface area contributed by atoms with Crippen LogP contribution in [0, 0.1) is 0 Å². The summed E-state index contributed by atoms with van der Waals surface area (Å²) in [5, 5.41) is 0. The van der Waals surface area contributed by atoms with Crippen LogP contribution in [0.5, 0.6) is 0 Å². The summed E-state index contributed by atoms with van der Waals surface area (Å²) in [5.41, 5.74) is 0.914. The molecule has 0 radical (unpaired) electrons. The van der Waals surface area contributed by atoms with E-state index in [1.165, 1.54) is 7.11 Å². The van der Waals surface area contributed by atoms with Crippen molar-refractivity contribution in [2.75, 3.05) is 13.7 Å². The van der Waals surface area contributed by atoms with Crippen molar-refractivity contribution >= 4 is 23.9 Å². The van der Waals surface area contributed by atoms with Crippen LogP contribution in [0.3, 0.4) is 0 Å². The first kappa shape index (κ1) is 31.1. The molecule has 4 aromatic rings. The van der Waals surface area contributed by atoms with Crippen LogP contribution < -0.4 is 0 Å². The monoisotopic (exact) mass is 610 g/mol. The summed E-state index contributed by atoms with van der Waals surface area (Å²) in [5.74, 6) is -2.96. The van der Waals surface area contributed by atoms with Gasteiger partial charge in [0.05, 0.1) is 22.3 Å². The van der Waals surface area contributed by atoms with E-state index >= 15 is 0 Å². The molecule has 0 N–H and O–H groups in total. The highest BCUT2D eigenvalue weighted by atomic mass is 16.7. The van der Waals surface area contributed by atoms with E-state index in [2.05, 4.69) is 0 Å². The molecular formula is C35H30O10. The van der Waals surface area contributed by atoms with Crippen LogP contribution >= 0.6 is 0 Å². The number of hydrogen-bond acceptors (Lipinski definition) is 10. The summed E-state index contributed by atoms with van der Waals surface area (Å²) in [6, 6.07) is 32.7. The maximum Gasteiger partial charge on any atom is 0.338 e. The average molecular weight is 611 g/mol. The van der Waals surface area contributed by atoms with Gasteiger partial charge in [0.15, 0.2) is 24.6 Å². The first-order valence-electron chi connectivity index (χ1n) is 14.1. The van der Waals surface area contributed by atoms with Gasteiger partial charge >= 0.3 is 23.9 Å². The van der Waals surface area contributed by atoms with Crippen LogP contribution in [-0.2, 0) is 28.4 Å². The van der Waals surface area contributed by atoms with Gasteiger partial charge in [0, 0.05) is 7.11 Å². The lowest BCUT2D eigenvalue weighted by Crippen LogP contribution is -2.63. The molecule has 45 heavy (non-hydrogen) atoms. The lowest BCUT2D eigenvalue weighted by molar-refractivity contribution is -0.291. The van der Waals surface area contributed by atoms with Crippen molar-refractivity contribution in [3.63, 3.8) is 0 Å². The van der Waals surface area contributed by atoms with Crippen LogP contribution in [0.2, 0.25) is 0 Å². The third-order valence-electron chi connectivity index (χ3n) is 6.97. The minimum atomic E-state index is -1.45. The molecule has 1 saturated heterocycles. The highest BCUT2D eigenvalue weighted by molar-refractivity contribution is 5.91.